The van der Waals surface area contributed by atoms with Gasteiger partial charge in [-0.25, -0.2) is 0 Å². The van der Waals surface area contributed by atoms with Crippen LogP contribution in [-0.4, -0.2) is 27.6 Å². The van der Waals surface area contributed by atoms with Gasteiger partial charge in [0.15, 0.2) is 0 Å². The topological polar surface area (TPSA) is 38.1 Å². The minimum absolute atomic E-state index is 0.00801. The maximum absolute atomic E-state index is 12.4. The summed E-state index contributed by atoms with van der Waals surface area (Å²) in [5.74, 6) is -0.00801. The lowest BCUT2D eigenvalue weighted by atomic mass is 10.1. The highest BCUT2D eigenvalue weighted by molar-refractivity contribution is 5.92. The average molecular weight is 257 g/mol. The molecule has 0 bridgehead atoms. The van der Waals surface area contributed by atoms with E-state index in [4.69, 9.17) is 0 Å². The van der Waals surface area contributed by atoms with Crippen molar-refractivity contribution in [1.82, 2.24) is 14.7 Å². The van der Waals surface area contributed by atoms with E-state index in [2.05, 4.69) is 18.1 Å². The van der Waals surface area contributed by atoms with E-state index in [0.29, 0.717) is 12.2 Å². The third-order valence-corrected chi connectivity index (χ3v) is 3.24. The van der Waals surface area contributed by atoms with Crippen molar-refractivity contribution in [2.45, 2.75) is 20.4 Å². The van der Waals surface area contributed by atoms with Gasteiger partial charge in [-0.3, -0.25) is 9.48 Å². The molecule has 0 saturated heterocycles. The van der Waals surface area contributed by atoms with Gasteiger partial charge in [0.2, 0.25) is 0 Å². The molecule has 0 N–H and O–H groups in total. The highest BCUT2D eigenvalue weighted by atomic mass is 16.2. The lowest BCUT2D eigenvalue weighted by Crippen LogP contribution is -2.28. The molecule has 0 aliphatic rings. The first-order chi connectivity index (χ1) is 8.99. The molecule has 19 heavy (non-hydrogen) atoms. The lowest BCUT2D eigenvalue weighted by molar-refractivity contribution is 0.0774. The Hall–Kier alpha value is -2.10. The van der Waals surface area contributed by atoms with Crippen molar-refractivity contribution in [3.05, 3.63) is 52.8 Å². The van der Waals surface area contributed by atoms with Crippen LogP contribution >= 0.6 is 0 Å². The summed E-state index contributed by atoms with van der Waals surface area (Å²) in [4.78, 5) is 14.1. The maximum atomic E-state index is 12.4. The van der Waals surface area contributed by atoms with Crippen LogP contribution in [0.4, 0.5) is 0 Å². The van der Waals surface area contributed by atoms with E-state index in [1.54, 1.807) is 16.6 Å². The Bertz CT molecular complexity index is 601. The van der Waals surface area contributed by atoms with Crippen LogP contribution in [-0.2, 0) is 13.6 Å². The molecule has 0 radical (unpaired) electrons. The summed E-state index contributed by atoms with van der Waals surface area (Å²) in [6.07, 6.45) is 0. The van der Waals surface area contributed by atoms with E-state index in [1.807, 2.05) is 38.2 Å². The number of amides is 1. The Morgan fingerprint density at radius 2 is 2.00 bits per heavy atom. The van der Waals surface area contributed by atoms with E-state index in [-0.39, 0.29) is 5.91 Å². The van der Waals surface area contributed by atoms with Crippen molar-refractivity contribution in [3.8, 4) is 0 Å². The van der Waals surface area contributed by atoms with Gasteiger partial charge < -0.3 is 4.90 Å². The zero-order chi connectivity index (χ0) is 14.0. The molecule has 0 atom stereocenters. The first-order valence-corrected chi connectivity index (χ1v) is 6.29. The number of hydrogen-bond acceptors (Lipinski definition) is 2. The number of carbonyl (C=O) groups excluding carboxylic acids is 1. The average Bonchev–Trinajstić information content (AvgIpc) is 2.70. The van der Waals surface area contributed by atoms with Crippen molar-refractivity contribution in [2.24, 2.45) is 7.05 Å². The number of aryl methyl sites for hydroxylation is 3. The van der Waals surface area contributed by atoms with Crippen molar-refractivity contribution in [1.29, 1.82) is 0 Å². The van der Waals surface area contributed by atoms with E-state index >= 15 is 0 Å². The van der Waals surface area contributed by atoms with Gasteiger partial charge in [-0.1, -0.05) is 24.3 Å². The third-order valence-electron chi connectivity index (χ3n) is 3.24. The molecule has 1 aromatic heterocycles. The molecule has 0 unspecified atom stereocenters. The van der Waals surface area contributed by atoms with Crippen molar-refractivity contribution in [2.75, 3.05) is 7.05 Å². The van der Waals surface area contributed by atoms with Gasteiger partial charge in [0.05, 0.1) is 5.69 Å². The predicted octanol–water partition coefficient (Wildman–Crippen LogP) is 2.31. The van der Waals surface area contributed by atoms with Crippen LogP contribution in [0.5, 0.6) is 0 Å². The first kappa shape index (κ1) is 13.3. The molecule has 2 aromatic rings. The van der Waals surface area contributed by atoms with Crippen LogP contribution in [0.25, 0.3) is 0 Å². The standard InChI is InChI=1S/C15H19N3O/c1-11-7-5-6-8-13(11)10-17(3)15(19)14-9-12(2)16-18(14)4/h5-9H,10H2,1-4H3. The van der Waals surface area contributed by atoms with Crippen molar-refractivity contribution < 1.29 is 4.79 Å². The normalized spacial score (nSPS) is 10.5. The second kappa shape index (κ2) is 5.26. The molecule has 100 valence electrons. The molecule has 0 fully saturated rings. The number of hydrogen-bond donors (Lipinski definition) is 0. The number of aromatic nitrogens is 2. The van der Waals surface area contributed by atoms with Crippen LogP contribution in [0.3, 0.4) is 0 Å². The molecule has 0 aliphatic carbocycles. The first-order valence-electron chi connectivity index (χ1n) is 6.29. The van der Waals surface area contributed by atoms with Gasteiger partial charge in [0.25, 0.3) is 5.91 Å². The van der Waals surface area contributed by atoms with Crippen LogP contribution in [0.2, 0.25) is 0 Å². The summed E-state index contributed by atoms with van der Waals surface area (Å²) < 4.78 is 1.63. The van der Waals surface area contributed by atoms with Gasteiger partial charge in [0, 0.05) is 20.6 Å². The molecule has 1 amide bonds. The predicted molar refractivity (Wildman–Crippen MR) is 74.9 cm³/mol. The monoisotopic (exact) mass is 257 g/mol. The van der Waals surface area contributed by atoms with Crippen LogP contribution in [0.15, 0.2) is 30.3 Å². The largest absolute Gasteiger partial charge is 0.336 e. The summed E-state index contributed by atoms with van der Waals surface area (Å²) in [5.41, 5.74) is 3.84. The molecule has 1 heterocycles. The number of nitrogens with zero attached hydrogens (tertiary/aromatic N) is 3. The fraction of sp³-hybridized carbons (Fsp3) is 0.333. The Kier molecular flexibility index (Phi) is 3.69. The van der Waals surface area contributed by atoms with Crippen LogP contribution in [0.1, 0.15) is 27.3 Å². The Balaban J connectivity index is 2.16. The minimum Gasteiger partial charge on any atom is -0.336 e. The summed E-state index contributed by atoms with van der Waals surface area (Å²) in [6.45, 7) is 4.55. The number of carbonyl (C=O) groups is 1. The van der Waals surface area contributed by atoms with E-state index in [9.17, 15) is 4.79 Å². The molecule has 2 rings (SSSR count). The SMILES string of the molecule is Cc1cc(C(=O)N(C)Cc2ccccc2C)n(C)n1. The Morgan fingerprint density at radius 1 is 1.32 bits per heavy atom. The molecule has 0 aliphatic heterocycles. The van der Waals surface area contributed by atoms with Gasteiger partial charge in [-0.2, -0.15) is 5.10 Å². The second-order valence-corrected chi connectivity index (χ2v) is 4.88. The zero-order valence-corrected chi connectivity index (χ0v) is 11.8. The molecular formula is C15H19N3O. The maximum Gasteiger partial charge on any atom is 0.272 e. The molecule has 0 spiro atoms. The summed E-state index contributed by atoms with van der Waals surface area (Å²) in [5, 5.41) is 4.21. The second-order valence-electron chi connectivity index (χ2n) is 4.88. The highest BCUT2D eigenvalue weighted by Gasteiger charge is 2.16. The van der Waals surface area contributed by atoms with E-state index in [1.165, 1.54) is 5.56 Å². The smallest absolute Gasteiger partial charge is 0.272 e. The van der Waals surface area contributed by atoms with Crippen molar-refractivity contribution >= 4 is 5.91 Å². The Labute approximate surface area is 113 Å². The summed E-state index contributed by atoms with van der Waals surface area (Å²) in [6, 6.07) is 9.92. The highest BCUT2D eigenvalue weighted by Crippen LogP contribution is 2.12. The fourth-order valence-corrected chi connectivity index (χ4v) is 2.12. The molecule has 4 heteroatoms. The third kappa shape index (κ3) is 2.84. The Morgan fingerprint density at radius 3 is 2.58 bits per heavy atom. The molecule has 4 nitrogen and oxygen atoms in total. The fourth-order valence-electron chi connectivity index (χ4n) is 2.12. The van der Waals surface area contributed by atoms with E-state index < -0.39 is 0 Å². The number of benzene rings is 1. The van der Waals surface area contributed by atoms with Crippen LogP contribution in [0, 0.1) is 13.8 Å². The number of rotatable bonds is 3. The summed E-state index contributed by atoms with van der Waals surface area (Å²) >= 11 is 0. The lowest BCUT2D eigenvalue weighted by Gasteiger charge is -2.18. The van der Waals surface area contributed by atoms with Crippen LogP contribution < -0.4 is 0 Å². The van der Waals surface area contributed by atoms with Crippen molar-refractivity contribution in [3.63, 3.8) is 0 Å². The zero-order valence-electron chi connectivity index (χ0n) is 11.8. The minimum atomic E-state index is -0.00801. The molecular weight excluding hydrogens is 238 g/mol. The van der Waals surface area contributed by atoms with Gasteiger partial charge in [-0.15, -0.1) is 0 Å². The van der Waals surface area contributed by atoms with E-state index in [0.717, 1.165) is 11.3 Å². The quantitative estimate of drug-likeness (QED) is 0.846. The van der Waals surface area contributed by atoms with Gasteiger partial charge >= 0.3 is 0 Å². The molecule has 1 aromatic carbocycles. The molecule has 0 saturated carbocycles. The van der Waals surface area contributed by atoms with Gasteiger partial charge in [0.1, 0.15) is 5.69 Å². The summed E-state index contributed by atoms with van der Waals surface area (Å²) in [7, 11) is 3.61. The van der Waals surface area contributed by atoms with Gasteiger partial charge in [-0.05, 0) is 31.0 Å².